The predicted octanol–water partition coefficient (Wildman–Crippen LogP) is 1.41. The van der Waals surface area contributed by atoms with E-state index in [0.717, 1.165) is 0 Å². The Bertz CT molecular complexity index is 178. The van der Waals surface area contributed by atoms with Crippen LogP contribution in [0.3, 0.4) is 0 Å². The average Bonchev–Trinajstić information content (AvgIpc) is 1.97. The van der Waals surface area contributed by atoms with Crippen LogP contribution in [0.4, 0.5) is 13.2 Å². The Morgan fingerprint density at radius 3 is 2.23 bits per heavy atom. The van der Waals surface area contributed by atoms with Gasteiger partial charge in [0.15, 0.2) is 6.10 Å². The smallest absolute Gasteiger partial charge is 0.389 e. The lowest BCUT2D eigenvalue weighted by Gasteiger charge is -2.15. The zero-order chi connectivity index (χ0) is 10.6. The van der Waals surface area contributed by atoms with Crippen molar-refractivity contribution in [2.24, 2.45) is 5.92 Å². The number of rotatable bonds is 4. The normalized spacial score (nSPS) is 16.7. The highest BCUT2D eigenvalue weighted by Gasteiger charge is 2.30. The van der Waals surface area contributed by atoms with Crippen LogP contribution in [-0.2, 0) is 4.79 Å². The molecule has 0 spiro atoms. The maximum absolute atomic E-state index is 11.7. The van der Waals surface area contributed by atoms with Gasteiger partial charge in [0, 0.05) is 6.42 Å². The molecule has 0 saturated carbocycles. The number of aliphatic carboxylic acids is 1. The van der Waals surface area contributed by atoms with E-state index >= 15 is 0 Å². The van der Waals surface area contributed by atoms with Crippen molar-refractivity contribution in [1.29, 1.82) is 0 Å². The molecule has 0 saturated heterocycles. The van der Waals surface area contributed by atoms with E-state index in [0.29, 0.717) is 0 Å². The van der Waals surface area contributed by atoms with E-state index in [9.17, 15) is 18.0 Å². The number of carboxylic acids is 1. The van der Waals surface area contributed by atoms with Crippen molar-refractivity contribution in [2.45, 2.75) is 32.0 Å². The second-order valence-electron chi connectivity index (χ2n) is 2.91. The van der Waals surface area contributed by atoms with Crippen molar-refractivity contribution < 1.29 is 28.2 Å². The van der Waals surface area contributed by atoms with Gasteiger partial charge in [-0.2, -0.15) is 13.2 Å². The number of aliphatic hydroxyl groups excluding tert-OH is 1. The van der Waals surface area contributed by atoms with Crippen LogP contribution < -0.4 is 0 Å². The van der Waals surface area contributed by atoms with E-state index in [-0.39, 0.29) is 6.42 Å². The predicted molar refractivity (Wildman–Crippen MR) is 38.1 cm³/mol. The highest BCUT2D eigenvalue weighted by molar-refractivity contribution is 5.72. The van der Waals surface area contributed by atoms with Crippen LogP contribution in [-0.4, -0.2) is 28.5 Å². The second-order valence-corrected chi connectivity index (χ2v) is 2.91. The minimum absolute atomic E-state index is 0.378. The van der Waals surface area contributed by atoms with Crippen molar-refractivity contribution in [2.75, 3.05) is 0 Å². The Balaban J connectivity index is 3.88. The fourth-order valence-electron chi connectivity index (χ4n) is 0.793. The molecule has 0 bridgehead atoms. The molecule has 2 unspecified atom stereocenters. The molecular weight excluding hydrogens is 189 g/mol. The Hall–Kier alpha value is -0.780. The van der Waals surface area contributed by atoms with Crippen molar-refractivity contribution >= 4 is 5.97 Å². The summed E-state index contributed by atoms with van der Waals surface area (Å²) >= 11 is 0. The van der Waals surface area contributed by atoms with Gasteiger partial charge in [0.2, 0.25) is 0 Å². The molecule has 0 aliphatic rings. The number of hydrogen-bond donors (Lipinski definition) is 2. The third-order valence-corrected chi connectivity index (χ3v) is 1.68. The fraction of sp³-hybridized carbons (Fsp3) is 0.857. The SMILES string of the molecule is CC(CCC(F)(F)F)C(O)C(=O)O. The van der Waals surface area contributed by atoms with Crippen molar-refractivity contribution in [1.82, 2.24) is 0 Å². The standard InChI is InChI=1S/C7H11F3O3/c1-4(5(11)6(12)13)2-3-7(8,9)10/h4-5,11H,2-3H2,1H3,(H,12,13). The summed E-state index contributed by atoms with van der Waals surface area (Å²) in [7, 11) is 0. The Morgan fingerprint density at radius 2 is 1.92 bits per heavy atom. The van der Waals surface area contributed by atoms with Crippen LogP contribution in [0.2, 0.25) is 0 Å². The molecule has 2 atom stereocenters. The lowest BCUT2D eigenvalue weighted by molar-refractivity contribution is -0.154. The zero-order valence-electron chi connectivity index (χ0n) is 7.01. The summed E-state index contributed by atoms with van der Waals surface area (Å²) in [6, 6.07) is 0. The third-order valence-electron chi connectivity index (χ3n) is 1.68. The van der Waals surface area contributed by atoms with Crippen LogP contribution in [0, 0.1) is 5.92 Å². The Kier molecular flexibility index (Phi) is 4.19. The highest BCUT2D eigenvalue weighted by atomic mass is 19.4. The minimum Gasteiger partial charge on any atom is -0.479 e. The van der Waals surface area contributed by atoms with Gasteiger partial charge in [-0.1, -0.05) is 6.92 Å². The largest absolute Gasteiger partial charge is 0.479 e. The molecule has 0 heterocycles. The molecule has 2 N–H and O–H groups in total. The molecule has 0 amide bonds. The molecule has 13 heavy (non-hydrogen) atoms. The first-order chi connectivity index (χ1) is 5.74. The van der Waals surface area contributed by atoms with E-state index in [4.69, 9.17) is 10.2 Å². The summed E-state index contributed by atoms with van der Waals surface area (Å²) in [6.45, 7) is 1.27. The van der Waals surface area contributed by atoms with Gasteiger partial charge in [0.25, 0.3) is 0 Å². The van der Waals surface area contributed by atoms with Gasteiger partial charge in [-0.15, -0.1) is 0 Å². The van der Waals surface area contributed by atoms with E-state index in [2.05, 4.69) is 0 Å². The van der Waals surface area contributed by atoms with Crippen LogP contribution in [0.1, 0.15) is 19.8 Å². The third kappa shape index (κ3) is 5.46. The summed E-state index contributed by atoms with van der Waals surface area (Å²) < 4.78 is 35.0. The van der Waals surface area contributed by atoms with Gasteiger partial charge in [0.1, 0.15) is 0 Å². The molecule has 6 heteroatoms. The quantitative estimate of drug-likeness (QED) is 0.721. The molecule has 78 valence electrons. The molecule has 0 aliphatic carbocycles. The second kappa shape index (κ2) is 4.45. The summed E-state index contributed by atoms with van der Waals surface area (Å²) in [5.41, 5.74) is 0. The summed E-state index contributed by atoms with van der Waals surface area (Å²) in [4.78, 5) is 10.1. The molecule has 0 aromatic heterocycles. The molecule has 0 fully saturated rings. The van der Waals surface area contributed by atoms with Crippen molar-refractivity contribution in [3.05, 3.63) is 0 Å². The van der Waals surface area contributed by atoms with Gasteiger partial charge in [-0.05, 0) is 12.3 Å². The Morgan fingerprint density at radius 1 is 1.46 bits per heavy atom. The topological polar surface area (TPSA) is 57.5 Å². The lowest BCUT2D eigenvalue weighted by atomic mass is 9.99. The molecule has 0 aliphatic heterocycles. The molecule has 3 nitrogen and oxygen atoms in total. The molecule has 0 aromatic carbocycles. The monoisotopic (exact) mass is 200 g/mol. The number of halogens is 3. The number of hydrogen-bond acceptors (Lipinski definition) is 2. The summed E-state index contributed by atoms with van der Waals surface area (Å²) in [5, 5.41) is 17.1. The van der Waals surface area contributed by atoms with Crippen LogP contribution >= 0.6 is 0 Å². The first-order valence-electron chi connectivity index (χ1n) is 3.71. The highest BCUT2D eigenvalue weighted by Crippen LogP contribution is 2.25. The van der Waals surface area contributed by atoms with Crippen LogP contribution in [0.5, 0.6) is 0 Å². The average molecular weight is 200 g/mol. The van der Waals surface area contributed by atoms with Gasteiger partial charge in [0.05, 0.1) is 0 Å². The molecule has 0 radical (unpaired) electrons. The van der Waals surface area contributed by atoms with E-state index in [1.807, 2.05) is 0 Å². The molecule has 0 aromatic rings. The van der Waals surface area contributed by atoms with Gasteiger partial charge in [-0.25, -0.2) is 4.79 Å². The van der Waals surface area contributed by atoms with Crippen molar-refractivity contribution in [3.63, 3.8) is 0 Å². The van der Waals surface area contributed by atoms with Gasteiger partial charge < -0.3 is 10.2 Å². The van der Waals surface area contributed by atoms with Crippen molar-refractivity contribution in [3.8, 4) is 0 Å². The fourth-order valence-corrected chi connectivity index (χ4v) is 0.793. The number of carboxylic acid groups (broad SMARTS) is 1. The number of carbonyl (C=O) groups is 1. The summed E-state index contributed by atoms with van der Waals surface area (Å²) in [5.74, 6) is -2.38. The maximum Gasteiger partial charge on any atom is 0.389 e. The minimum atomic E-state index is -4.30. The zero-order valence-corrected chi connectivity index (χ0v) is 7.01. The molecular formula is C7H11F3O3. The summed E-state index contributed by atoms with van der Waals surface area (Å²) in [6.07, 6.45) is -7.47. The Labute approximate surface area is 73.2 Å². The first-order valence-corrected chi connectivity index (χ1v) is 3.71. The van der Waals surface area contributed by atoms with Gasteiger partial charge in [-0.3, -0.25) is 0 Å². The lowest BCUT2D eigenvalue weighted by Crippen LogP contribution is -2.28. The van der Waals surface area contributed by atoms with E-state index in [1.165, 1.54) is 6.92 Å². The first kappa shape index (κ1) is 12.2. The number of aliphatic hydroxyl groups is 1. The molecule has 0 rings (SSSR count). The van der Waals surface area contributed by atoms with Gasteiger partial charge >= 0.3 is 12.1 Å². The maximum atomic E-state index is 11.7. The van der Waals surface area contributed by atoms with Crippen LogP contribution in [0.15, 0.2) is 0 Å². The van der Waals surface area contributed by atoms with Crippen LogP contribution in [0.25, 0.3) is 0 Å². The number of alkyl halides is 3. The van der Waals surface area contributed by atoms with E-state index in [1.54, 1.807) is 0 Å². The van der Waals surface area contributed by atoms with E-state index < -0.39 is 30.6 Å².